The highest BCUT2D eigenvalue weighted by molar-refractivity contribution is 7.05. The van der Waals surface area contributed by atoms with E-state index >= 15 is 0 Å². The van der Waals surface area contributed by atoms with Crippen LogP contribution < -0.4 is 11.3 Å². The lowest BCUT2D eigenvalue weighted by atomic mass is 10.0. The molecule has 1 heterocycles. The van der Waals surface area contributed by atoms with E-state index in [0.717, 1.165) is 10.6 Å². The number of hydrazine groups is 1. The first-order valence-electron chi connectivity index (χ1n) is 6.25. The molecule has 0 saturated heterocycles. The lowest BCUT2D eigenvalue weighted by molar-refractivity contribution is 0.548. The van der Waals surface area contributed by atoms with Crippen molar-refractivity contribution in [3.8, 4) is 0 Å². The molecule has 0 amide bonds. The van der Waals surface area contributed by atoms with Crippen LogP contribution in [0.15, 0.2) is 18.2 Å². The molecule has 0 aliphatic heterocycles. The van der Waals surface area contributed by atoms with Gasteiger partial charge in [0.15, 0.2) is 0 Å². The number of hydrogen-bond donors (Lipinski definition) is 2. The van der Waals surface area contributed by atoms with Gasteiger partial charge in [0, 0.05) is 0 Å². The summed E-state index contributed by atoms with van der Waals surface area (Å²) in [5, 5.41) is 4.27. The molecule has 1 aromatic heterocycles. The van der Waals surface area contributed by atoms with E-state index < -0.39 is 5.82 Å². The van der Waals surface area contributed by atoms with E-state index in [1.807, 2.05) is 13.8 Å². The van der Waals surface area contributed by atoms with E-state index in [1.165, 1.54) is 17.6 Å². The highest BCUT2D eigenvalue weighted by Gasteiger charge is 2.22. The molecule has 0 aliphatic rings. The van der Waals surface area contributed by atoms with Crippen LogP contribution in [-0.4, -0.2) is 9.59 Å². The van der Waals surface area contributed by atoms with Crippen LogP contribution in [0.1, 0.15) is 41.9 Å². The number of nitrogens with one attached hydrogen (secondary N) is 1. The van der Waals surface area contributed by atoms with E-state index in [1.54, 1.807) is 12.1 Å². The molecule has 2 aromatic rings. The number of aromatic nitrogens is 2. The third-order valence-electron chi connectivity index (χ3n) is 3.06. The standard InChI is InChI=1S/C13H16ClFN4S/c1-7(2)12-13(20-19-18-12)10(17-16)6-8-4-3-5-9(15)11(8)14/h3-5,7,10,17H,6,16H2,1-2H3. The lowest BCUT2D eigenvalue weighted by Crippen LogP contribution is -2.30. The van der Waals surface area contributed by atoms with E-state index in [9.17, 15) is 4.39 Å². The Balaban J connectivity index is 2.29. The van der Waals surface area contributed by atoms with Crippen LogP contribution in [0, 0.1) is 5.82 Å². The van der Waals surface area contributed by atoms with Gasteiger partial charge < -0.3 is 0 Å². The third-order valence-corrected chi connectivity index (χ3v) is 4.34. The molecule has 4 nitrogen and oxygen atoms in total. The van der Waals surface area contributed by atoms with Crippen molar-refractivity contribution in [2.24, 2.45) is 5.84 Å². The average molecular weight is 315 g/mol. The van der Waals surface area contributed by atoms with Crippen molar-refractivity contribution < 1.29 is 4.39 Å². The molecule has 0 fully saturated rings. The summed E-state index contributed by atoms with van der Waals surface area (Å²) in [6, 6.07) is 4.58. The molecule has 1 aromatic carbocycles. The van der Waals surface area contributed by atoms with Gasteiger partial charge in [-0.1, -0.05) is 42.1 Å². The van der Waals surface area contributed by atoms with Crippen LogP contribution in [0.2, 0.25) is 5.02 Å². The molecular formula is C13H16ClFN4S. The average Bonchev–Trinajstić information content (AvgIpc) is 2.90. The van der Waals surface area contributed by atoms with Gasteiger partial charge in [0.05, 0.1) is 21.6 Å². The molecule has 0 spiro atoms. The zero-order valence-electron chi connectivity index (χ0n) is 11.2. The van der Waals surface area contributed by atoms with Crippen LogP contribution in [0.5, 0.6) is 0 Å². The predicted molar refractivity (Wildman–Crippen MR) is 79.2 cm³/mol. The quantitative estimate of drug-likeness (QED) is 0.657. The van der Waals surface area contributed by atoms with Crippen molar-refractivity contribution in [1.29, 1.82) is 0 Å². The zero-order chi connectivity index (χ0) is 14.7. The fraction of sp³-hybridized carbons (Fsp3) is 0.385. The Morgan fingerprint density at radius 2 is 2.20 bits per heavy atom. The molecule has 7 heteroatoms. The van der Waals surface area contributed by atoms with Gasteiger partial charge in [-0.3, -0.25) is 11.3 Å². The minimum atomic E-state index is -0.425. The van der Waals surface area contributed by atoms with Gasteiger partial charge in [-0.2, -0.15) is 0 Å². The van der Waals surface area contributed by atoms with Crippen LogP contribution in [-0.2, 0) is 6.42 Å². The van der Waals surface area contributed by atoms with Crippen LogP contribution in [0.25, 0.3) is 0 Å². The molecule has 3 N–H and O–H groups in total. The molecular weight excluding hydrogens is 299 g/mol. The number of rotatable bonds is 5. The molecule has 1 unspecified atom stereocenters. The van der Waals surface area contributed by atoms with E-state index in [2.05, 4.69) is 15.0 Å². The van der Waals surface area contributed by atoms with Crippen LogP contribution in [0.3, 0.4) is 0 Å². The topological polar surface area (TPSA) is 63.8 Å². The van der Waals surface area contributed by atoms with Gasteiger partial charge in [-0.25, -0.2) is 4.39 Å². The molecule has 108 valence electrons. The highest BCUT2D eigenvalue weighted by atomic mass is 35.5. The van der Waals surface area contributed by atoms with Crippen molar-refractivity contribution >= 4 is 23.1 Å². The Labute approximate surface area is 126 Å². The van der Waals surface area contributed by atoms with Crippen molar-refractivity contribution in [3.63, 3.8) is 0 Å². The second-order valence-corrected chi connectivity index (χ2v) is 5.98. The van der Waals surface area contributed by atoms with Crippen molar-refractivity contribution in [2.45, 2.75) is 32.2 Å². The second kappa shape index (κ2) is 6.58. The Bertz CT molecular complexity index is 588. The number of benzene rings is 1. The second-order valence-electron chi connectivity index (χ2n) is 4.81. The highest BCUT2D eigenvalue weighted by Crippen LogP contribution is 2.30. The first-order chi connectivity index (χ1) is 9.54. The van der Waals surface area contributed by atoms with Crippen LogP contribution >= 0.6 is 23.1 Å². The summed E-state index contributed by atoms with van der Waals surface area (Å²) in [5.41, 5.74) is 4.36. The maximum atomic E-state index is 13.5. The van der Waals surface area contributed by atoms with E-state index in [4.69, 9.17) is 17.4 Å². The summed E-state index contributed by atoms with van der Waals surface area (Å²) in [4.78, 5) is 0.961. The van der Waals surface area contributed by atoms with Gasteiger partial charge in [0.25, 0.3) is 0 Å². The zero-order valence-corrected chi connectivity index (χ0v) is 12.8. The maximum Gasteiger partial charge on any atom is 0.142 e. The Morgan fingerprint density at radius 3 is 2.85 bits per heavy atom. The number of nitrogens with two attached hydrogens (primary N) is 1. The van der Waals surface area contributed by atoms with E-state index in [-0.39, 0.29) is 17.0 Å². The molecule has 1 atom stereocenters. The van der Waals surface area contributed by atoms with Crippen molar-refractivity contribution in [3.05, 3.63) is 45.2 Å². The van der Waals surface area contributed by atoms with Gasteiger partial charge in [-0.05, 0) is 35.5 Å². The summed E-state index contributed by atoms with van der Waals surface area (Å²) in [6.45, 7) is 4.09. The predicted octanol–water partition coefficient (Wildman–Crippen LogP) is 3.20. The van der Waals surface area contributed by atoms with Crippen LogP contribution in [0.4, 0.5) is 4.39 Å². The molecule has 2 rings (SSSR count). The Kier molecular flexibility index (Phi) is 5.04. The Hall–Kier alpha value is -1.08. The third kappa shape index (κ3) is 3.15. The lowest BCUT2D eigenvalue weighted by Gasteiger charge is -2.17. The fourth-order valence-corrected chi connectivity index (χ4v) is 3.07. The first kappa shape index (κ1) is 15.3. The Morgan fingerprint density at radius 1 is 1.45 bits per heavy atom. The number of nitrogens with zero attached hydrogens (tertiary/aromatic N) is 2. The summed E-state index contributed by atoms with van der Waals surface area (Å²) in [6.07, 6.45) is 0.483. The molecule has 0 radical (unpaired) electrons. The van der Waals surface area contributed by atoms with Gasteiger partial charge >= 0.3 is 0 Å². The minimum Gasteiger partial charge on any atom is -0.271 e. The summed E-state index contributed by atoms with van der Waals surface area (Å²) in [5.74, 6) is 5.46. The monoisotopic (exact) mass is 314 g/mol. The molecule has 0 saturated carbocycles. The normalized spacial score (nSPS) is 12.9. The minimum absolute atomic E-state index is 0.135. The molecule has 0 bridgehead atoms. The fourth-order valence-electron chi connectivity index (χ4n) is 2.00. The van der Waals surface area contributed by atoms with Gasteiger partial charge in [0.1, 0.15) is 5.82 Å². The summed E-state index contributed by atoms with van der Waals surface area (Å²) >= 11 is 7.29. The van der Waals surface area contributed by atoms with Gasteiger partial charge in [-0.15, -0.1) is 5.10 Å². The first-order valence-corrected chi connectivity index (χ1v) is 7.40. The largest absolute Gasteiger partial charge is 0.271 e. The molecule has 20 heavy (non-hydrogen) atoms. The summed E-state index contributed by atoms with van der Waals surface area (Å²) < 4.78 is 17.5. The molecule has 0 aliphatic carbocycles. The smallest absolute Gasteiger partial charge is 0.142 e. The van der Waals surface area contributed by atoms with Crippen molar-refractivity contribution in [1.82, 2.24) is 15.0 Å². The van der Waals surface area contributed by atoms with Gasteiger partial charge in [0.2, 0.25) is 0 Å². The SMILES string of the molecule is CC(C)c1nnsc1C(Cc1cccc(F)c1Cl)NN. The maximum absolute atomic E-state index is 13.5. The number of halogens is 2. The number of hydrogen-bond acceptors (Lipinski definition) is 5. The van der Waals surface area contributed by atoms with E-state index in [0.29, 0.717) is 12.0 Å². The summed E-state index contributed by atoms with van der Waals surface area (Å²) in [7, 11) is 0. The van der Waals surface area contributed by atoms with Crippen molar-refractivity contribution in [2.75, 3.05) is 0 Å².